The Kier molecular flexibility index (Phi) is 4.19. The van der Waals surface area contributed by atoms with Crippen molar-refractivity contribution in [2.75, 3.05) is 19.6 Å². The molecule has 1 aromatic rings. The van der Waals surface area contributed by atoms with Crippen LogP contribution in [0.15, 0.2) is 30.3 Å². The van der Waals surface area contributed by atoms with Crippen molar-refractivity contribution in [2.24, 2.45) is 11.7 Å². The highest BCUT2D eigenvalue weighted by Crippen LogP contribution is 2.20. The van der Waals surface area contributed by atoms with Crippen molar-refractivity contribution >= 4 is 0 Å². The number of rotatable bonds is 3. The molecule has 1 saturated heterocycles. The summed E-state index contributed by atoms with van der Waals surface area (Å²) in [6, 6.07) is 11.2. The minimum atomic E-state index is 0.401. The Morgan fingerprint density at radius 3 is 2.71 bits per heavy atom. The Bertz CT molecular complexity index is 336. The second-order valence-corrected chi connectivity index (χ2v) is 5.50. The zero-order valence-corrected chi connectivity index (χ0v) is 11.0. The summed E-state index contributed by atoms with van der Waals surface area (Å²) in [4.78, 5) is 2.56. The monoisotopic (exact) mass is 232 g/mol. The van der Waals surface area contributed by atoms with Gasteiger partial charge in [0, 0.05) is 19.1 Å². The van der Waals surface area contributed by atoms with Gasteiger partial charge in [-0.15, -0.1) is 0 Å². The van der Waals surface area contributed by atoms with E-state index in [0.29, 0.717) is 17.9 Å². The van der Waals surface area contributed by atoms with Gasteiger partial charge >= 0.3 is 0 Å². The molecule has 94 valence electrons. The standard InChI is InChI=1S/C15H24N2/c1-12(14-6-4-3-5-7-14)10-17-9-8-15(16)13(2)11-17/h3-7,12-13,15H,8-11,16H2,1-2H3. The molecular weight excluding hydrogens is 208 g/mol. The lowest BCUT2D eigenvalue weighted by atomic mass is 9.93. The van der Waals surface area contributed by atoms with E-state index in [2.05, 4.69) is 49.1 Å². The highest BCUT2D eigenvalue weighted by Gasteiger charge is 2.24. The van der Waals surface area contributed by atoms with Gasteiger partial charge in [0.05, 0.1) is 0 Å². The molecule has 0 aromatic heterocycles. The van der Waals surface area contributed by atoms with Gasteiger partial charge in [0.1, 0.15) is 0 Å². The van der Waals surface area contributed by atoms with Gasteiger partial charge in [-0.2, -0.15) is 0 Å². The second-order valence-electron chi connectivity index (χ2n) is 5.50. The van der Waals surface area contributed by atoms with Crippen molar-refractivity contribution in [3.8, 4) is 0 Å². The van der Waals surface area contributed by atoms with Crippen LogP contribution in [0.5, 0.6) is 0 Å². The van der Waals surface area contributed by atoms with Crippen LogP contribution in [0.2, 0.25) is 0 Å². The molecule has 3 atom stereocenters. The predicted octanol–water partition coefficient (Wildman–Crippen LogP) is 2.46. The number of piperidine rings is 1. The molecule has 1 heterocycles. The van der Waals surface area contributed by atoms with Crippen molar-refractivity contribution < 1.29 is 0 Å². The van der Waals surface area contributed by atoms with E-state index in [4.69, 9.17) is 5.73 Å². The van der Waals surface area contributed by atoms with Crippen LogP contribution in [0, 0.1) is 5.92 Å². The van der Waals surface area contributed by atoms with Crippen molar-refractivity contribution in [1.82, 2.24) is 4.90 Å². The Morgan fingerprint density at radius 1 is 1.35 bits per heavy atom. The number of nitrogens with zero attached hydrogens (tertiary/aromatic N) is 1. The molecule has 1 fully saturated rings. The maximum atomic E-state index is 6.06. The summed E-state index contributed by atoms with van der Waals surface area (Å²) >= 11 is 0. The third-order valence-electron chi connectivity index (χ3n) is 3.96. The summed E-state index contributed by atoms with van der Waals surface area (Å²) in [7, 11) is 0. The van der Waals surface area contributed by atoms with Gasteiger partial charge < -0.3 is 10.6 Å². The SMILES string of the molecule is CC(CN1CCC(N)C(C)C1)c1ccccc1. The maximum Gasteiger partial charge on any atom is 0.00889 e. The van der Waals surface area contributed by atoms with Crippen molar-refractivity contribution in [3.05, 3.63) is 35.9 Å². The number of benzene rings is 1. The van der Waals surface area contributed by atoms with E-state index < -0.39 is 0 Å². The molecule has 0 aliphatic carbocycles. The molecule has 0 spiro atoms. The van der Waals surface area contributed by atoms with Crippen LogP contribution in [0.25, 0.3) is 0 Å². The average molecular weight is 232 g/mol. The van der Waals surface area contributed by atoms with E-state index in [-0.39, 0.29) is 0 Å². The summed E-state index contributed by atoms with van der Waals surface area (Å²) in [6.07, 6.45) is 1.14. The van der Waals surface area contributed by atoms with E-state index >= 15 is 0 Å². The molecule has 0 bridgehead atoms. The molecule has 0 amide bonds. The molecule has 2 rings (SSSR count). The summed E-state index contributed by atoms with van der Waals surface area (Å²) < 4.78 is 0. The molecule has 2 N–H and O–H groups in total. The third kappa shape index (κ3) is 3.30. The Morgan fingerprint density at radius 2 is 2.06 bits per heavy atom. The Hall–Kier alpha value is -0.860. The van der Waals surface area contributed by atoms with Gasteiger partial charge in [-0.3, -0.25) is 0 Å². The minimum absolute atomic E-state index is 0.401. The molecule has 2 nitrogen and oxygen atoms in total. The number of hydrogen-bond donors (Lipinski definition) is 1. The van der Waals surface area contributed by atoms with E-state index in [1.54, 1.807) is 0 Å². The second kappa shape index (κ2) is 5.65. The highest BCUT2D eigenvalue weighted by atomic mass is 15.1. The van der Waals surface area contributed by atoms with E-state index in [1.807, 2.05) is 0 Å². The normalized spacial score (nSPS) is 27.9. The fourth-order valence-electron chi connectivity index (χ4n) is 2.69. The maximum absolute atomic E-state index is 6.06. The van der Waals surface area contributed by atoms with Gasteiger partial charge in [-0.25, -0.2) is 0 Å². The number of likely N-dealkylation sites (tertiary alicyclic amines) is 1. The van der Waals surface area contributed by atoms with Gasteiger partial charge in [0.25, 0.3) is 0 Å². The first kappa shape index (κ1) is 12.6. The van der Waals surface area contributed by atoms with Crippen LogP contribution in [-0.4, -0.2) is 30.6 Å². The topological polar surface area (TPSA) is 29.3 Å². The van der Waals surface area contributed by atoms with Crippen LogP contribution in [0.4, 0.5) is 0 Å². The minimum Gasteiger partial charge on any atom is -0.327 e. The van der Waals surface area contributed by atoms with Crippen LogP contribution < -0.4 is 5.73 Å². The summed E-state index contributed by atoms with van der Waals surface area (Å²) in [5.74, 6) is 1.24. The van der Waals surface area contributed by atoms with Crippen molar-refractivity contribution in [3.63, 3.8) is 0 Å². The van der Waals surface area contributed by atoms with Crippen molar-refractivity contribution in [2.45, 2.75) is 32.2 Å². The zero-order valence-electron chi connectivity index (χ0n) is 11.0. The lowest BCUT2D eigenvalue weighted by Crippen LogP contribution is -2.46. The van der Waals surface area contributed by atoms with E-state index in [1.165, 1.54) is 5.56 Å². The van der Waals surface area contributed by atoms with E-state index in [9.17, 15) is 0 Å². The van der Waals surface area contributed by atoms with Crippen LogP contribution in [0.3, 0.4) is 0 Å². The van der Waals surface area contributed by atoms with Crippen molar-refractivity contribution in [1.29, 1.82) is 0 Å². The van der Waals surface area contributed by atoms with Gasteiger partial charge in [-0.1, -0.05) is 44.2 Å². The highest BCUT2D eigenvalue weighted by molar-refractivity contribution is 5.19. The first-order chi connectivity index (χ1) is 8.16. The molecule has 3 unspecified atom stereocenters. The average Bonchev–Trinajstić information content (AvgIpc) is 2.35. The molecule has 1 aliphatic rings. The number of hydrogen-bond acceptors (Lipinski definition) is 2. The molecule has 0 radical (unpaired) electrons. The van der Waals surface area contributed by atoms with Gasteiger partial charge in [0.15, 0.2) is 0 Å². The number of nitrogens with two attached hydrogens (primary N) is 1. The first-order valence-electron chi connectivity index (χ1n) is 6.69. The fraction of sp³-hybridized carbons (Fsp3) is 0.600. The predicted molar refractivity (Wildman–Crippen MR) is 73.1 cm³/mol. The van der Waals surface area contributed by atoms with Gasteiger partial charge in [0.2, 0.25) is 0 Å². The summed E-state index contributed by atoms with van der Waals surface area (Å²) in [5, 5.41) is 0. The van der Waals surface area contributed by atoms with Crippen LogP contribution >= 0.6 is 0 Å². The molecular formula is C15H24N2. The van der Waals surface area contributed by atoms with Gasteiger partial charge in [-0.05, 0) is 30.4 Å². The zero-order chi connectivity index (χ0) is 12.3. The lowest BCUT2D eigenvalue weighted by molar-refractivity contribution is 0.158. The smallest absolute Gasteiger partial charge is 0.00889 e. The first-order valence-corrected chi connectivity index (χ1v) is 6.69. The van der Waals surface area contributed by atoms with Crippen LogP contribution in [0.1, 0.15) is 31.7 Å². The fourth-order valence-corrected chi connectivity index (χ4v) is 2.69. The molecule has 2 heteroatoms. The Labute approximate surface area is 105 Å². The van der Waals surface area contributed by atoms with E-state index in [0.717, 1.165) is 26.1 Å². The largest absolute Gasteiger partial charge is 0.327 e. The molecule has 1 aliphatic heterocycles. The molecule has 0 saturated carbocycles. The molecule has 1 aromatic carbocycles. The summed E-state index contributed by atoms with van der Waals surface area (Å²) in [6.45, 7) is 8.04. The quantitative estimate of drug-likeness (QED) is 0.867. The summed E-state index contributed by atoms with van der Waals surface area (Å²) in [5.41, 5.74) is 7.50. The van der Waals surface area contributed by atoms with Crippen LogP contribution in [-0.2, 0) is 0 Å². The Balaban J connectivity index is 1.89. The third-order valence-corrected chi connectivity index (χ3v) is 3.96. The lowest BCUT2D eigenvalue weighted by Gasteiger charge is -2.36. The molecule has 17 heavy (non-hydrogen) atoms.